The minimum Gasteiger partial charge on any atom is -0.453 e. The van der Waals surface area contributed by atoms with Crippen molar-refractivity contribution in [3.8, 4) is 33.6 Å². The first kappa shape index (κ1) is 40.5. The van der Waals surface area contributed by atoms with Crippen LogP contribution in [-0.2, 0) is 31.9 Å². The van der Waals surface area contributed by atoms with Gasteiger partial charge in [-0.15, -0.1) is 0 Å². The summed E-state index contributed by atoms with van der Waals surface area (Å²) in [7, 11) is 2.59. The number of nitrogens with one attached hydrogen (secondary N) is 5. The highest BCUT2D eigenvalue weighted by Crippen LogP contribution is 2.39. The second-order valence-electron chi connectivity index (χ2n) is 16.5. The predicted molar refractivity (Wildman–Crippen MR) is 220 cm³/mol. The van der Waals surface area contributed by atoms with E-state index in [1.807, 2.05) is 38.8 Å². The molecule has 2 fully saturated rings. The summed E-state index contributed by atoms with van der Waals surface area (Å²) in [6.07, 6.45) is 7.78. The molecule has 308 valence electrons. The second-order valence-corrected chi connectivity index (χ2v) is 16.5. The number of carbonyl (C=O) groups excluding carboxylic acids is 4. The summed E-state index contributed by atoms with van der Waals surface area (Å²) in [5.74, 6) is 1.15. The maximum atomic E-state index is 13.7. The third-order valence-electron chi connectivity index (χ3n) is 12.0. The summed E-state index contributed by atoms with van der Waals surface area (Å²) in [5.41, 5.74) is 8.58. The number of benzene rings is 2. The Labute approximate surface area is 339 Å². The Morgan fingerprint density at radius 3 is 2.17 bits per heavy atom. The molecule has 1 saturated heterocycles. The van der Waals surface area contributed by atoms with E-state index in [1.54, 1.807) is 0 Å². The SMILES string of the molecule is COC(=O)N[C@H](C(=O)N[C@H]1CCC[C@H]1c1ncc(-c2ccc(-c3ccc4c(c3)CCCc3[nH]c([C@@H]5CCCN5C(=O)[C@@H](NC(=O)OC)C(C)C)nc3-4)cc2)[nH]1)C(C)C. The van der Waals surface area contributed by atoms with Gasteiger partial charge in [0.25, 0.3) is 0 Å². The molecule has 0 radical (unpaired) electrons. The third-order valence-corrected chi connectivity index (χ3v) is 12.0. The van der Waals surface area contributed by atoms with Gasteiger partial charge in [-0.05, 0) is 79.0 Å². The molecule has 1 aliphatic heterocycles. The monoisotopic (exact) mass is 792 g/mol. The number of hydrogen-bond donors (Lipinski definition) is 5. The topological polar surface area (TPSA) is 183 Å². The van der Waals surface area contributed by atoms with E-state index >= 15 is 0 Å². The molecule has 58 heavy (non-hydrogen) atoms. The Hall–Kier alpha value is -5.66. The van der Waals surface area contributed by atoms with Crippen molar-refractivity contribution in [1.29, 1.82) is 0 Å². The summed E-state index contributed by atoms with van der Waals surface area (Å²) in [6.45, 7) is 8.24. The van der Waals surface area contributed by atoms with Crippen molar-refractivity contribution in [1.82, 2.24) is 40.8 Å². The standard InChI is InChI=1S/C44H56N8O6/c1-24(2)36(50-43(55)57-5)41(53)48-32-12-8-11-31(32)39-45-23-34(47-39)27-17-15-26(16-18-27)28-19-20-30-29(22-28)10-7-13-33-38(30)49-40(46-33)35-14-9-21-52(35)42(54)37(25(3)4)51-44(56)58-6/h15-20,22-25,31-32,35-37H,7-14,21H2,1-6H3,(H,45,47)(H,46,49)(H,48,53)(H,50,55)(H,51,56)/t31-,32+,35+,36+,37+/m1/s1. The van der Waals surface area contributed by atoms with Gasteiger partial charge < -0.3 is 40.3 Å². The average molecular weight is 793 g/mol. The second kappa shape index (κ2) is 17.5. The van der Waals surface area contributed by atoms with E-state index in [0.29, 0.717) is 6.54 Å². The molecule has 0 bridgehead atoms. The Balaban J connectivity index is 1.04. The van der Waals surface area contributed by atoms with Crippen molar-refractivity contribution in [3.05, 3.63) is 71.6 Å². The molecule has 3 aliphatic rings. The highest BCUT2D eigenvalue weighted by molar-refractivity contribution is 5.87. The van der Waals surface area contributed by atoms with Crippen molar-refractivity contribution < 1.29 is 28.7 Å². The van der Waals surface area contributed by atoms with Crippen LogP contribution in [-0.4, -0.2) is 87.7 Å². The van der Waals surface area contributed by atoms with Crippen LogP contribution in [0, 0.1) is 11.8 Å². The van der Waals surface area contributed by atoms with Gasteiger partial charge in [-0.25, -0.2) is 19.6 Å². The van der Waals surface area contributed by atoms with Crippen LogP contribution < -0.4 is 16.0 Å². The summed E-state index contributed by atoms with van der Waals surface area (Å²) < 4.78 is 9.53. The number of hydrogen-bond acceptors (Lipinski definition) is 8. The van der Waals surface area contributed by atoms with Gasteiger partial charge in [0, 0.05) is 29.8 Å². The molecule has 0 unspecified atom stereocenters. The molecule has 0 spiro atoms. The first-order valence-electron chi connectivity index (χ1n) is 20.6. The minimum absolute atomic E-state index is 0.0424. The first-order chi connectivity index (χ1) is 27.9. The van der Waals surface area contributed by atoms with Crippen molar-refractivity contribution >= 4 is 24.0 Å². The smallest absolute Gasteiger partial charge is 0.407 e. The number of carbonyl (C=O) groups is 4. The van der Waals surface area contributed by atoms with Crippen LogP contribution in [0.1, 0.15) is 101 Å². The van der Waals surface area contributed by atoms with Gasteiger partial charge in [-0.1, -0.05) is 76.6 Å². The number of aromatic nitrogens is 4. The normalized spacial score (nSPS) is 19.9. The fraction of sp³-hybridized carbons (Fsp3) is 0.500. The number of amides is 4. The Morgan fingerprint density at radius 2 is 1.47 bits per heavy atom. The fourth-order valence-electron chi connectivity index (χ4n) is 8.82. The van der Waals surface area contributed by atoms with Crippen LogP contribution in [0.25, 0.3) is 33.6 Å². The van der Waals surface area contributed by atoms with E-state index in [0.717, 1.165) is 102 Å². The molecule has 5 atom stereocenters. The molecule has 2 aliphatic carbocycles. The Morgan fingerprint density at radius 1 is 0.776 bits per heavy atom. The zero-order chi connectivity index (χ0) is 41.1. The number of imidazole rings is 2. The van der Waals surface area contributed by atoms with Gasteiger partial charge in [0.05, 0.1) is 37.8 Å². The summed E-state index contributed by atoms with van der Waals surface area (Å²) in [6, 6.07) is 13.4. The number of H-pyrrole nitrogens is 2. The number of alkyl carbamates (subject to hydrolysis) is 2. The van der Waals surface area contributed by atoms with Crippen LogP contribution in [0.2, 0.25) is 0 Å². The number of methoxy groups -OCH3 is 2. The number of aromatic amines is 2. The summed E-state index contributed by atoms with van der Waals surface area (Å²) >= 11 is 0. The first-order valence-corrected chi connectivity index (χ1v) is 20.6. The number of likely N-dealkylation sites (tertiary alicyclic amines) is 1. The van der Waals surface area contributed by atoms with Crippen molar-refractivity contribution in [3.63, 3.8) is 0 Å². The van der Waals surface area contributed by atoms with Gasteiger partial charge in [0.15, 0.2) is 0 Å². The Bertz CT molecular complexity index is 2120. The molecule has 3 heterocycles. The average Bonchev–Trinajstić information content (AvgIpc) is 4.05. The van der Waals surface area contributed by atoms with E-state index in [-0.39, 0.29) is 41.7 Å². The van der Waals surface area contributed by atoms with Gasteiger partial charge >= 0.3 is 12.2 Å². The largest absolute Gasteiger partial charge is 0.453 e. The summed E-state index contributed by atoms with van der Waals surface area (Å²) in [5, 5.41) is 8.57. The van der Waals surface area contributed by atoms with E-state index in [9.17, 15) is 19.2 Å². The van der Waals surface area contributed by atoms with E-state index in [1.165, 1.54) is 19.8 Å². The molecule has 2 aromatic carbocycles. The number of rotatable bonds is 11. The van der Waals surface area contributed by atoms with Crippen molar-refractivity contribution in [2.24, 2.45) is 11.8 Å². The number of nitrogens with zero attached hydrogens (tertiary/aromatic N) is 3. The molecule has 7 rings (SSSR count). The molecular weight excluding hydrogens is 737 g/mol. The lowest BCUT2D eigenvalue weighted by Crippen LogP contribution is -2.52. The number of ether oxygens (including phenoxy) is 2. The highest BCUT2D eigenvalue weighted by atomic mass is 16.5. The van der Waals surface area contributed by atoms with Crippen LogP contribution in [0.4, 0.5) is 9.59 Å². The summed E-state index contributed by atoms with van der Waals surface area (Å²) in [4.78, 5) is 69.8. The van der Waals surface area contributed by atoms with Crippen LogP contribution in [0.3, 0.4) is 0 Å². The van der Waals surface area contributed by atoms with E-state index in [4.69, 9.17) is 19.4 Å². The van der Waals surface area contributed by atoms with Gasteiger partial charge in [0.2, 0.25) is 11.8 Å². The zero-order valence-electron chi connectivity index (χ0n) is 34.3. The maximum absolute atomic E-state index is 13.7. The maximum Gasteiger partial charge on any atom is 0.407 e. The van der Waals surface area contributed by atoms with E-state index in [2.05, 4.69) is 68.4 Å². The van der Waals surface area contributed by atoms with Crippen LogP contribution in [0.15, 0.2) is 48.7 Å². The van der Waals surface area contributed by atoms with E-state index < -0.39 is 24.3 Å². The van der Waals surface area contributed by atoms with Gasteiger partial charge in [-0.3, -0.25) is 9.59 Å². The molecule has 1 saturated carbocycles. The molecule has 14 heteroatoms. The molecule has 2 aromatic heterocycles. The van der Waals surface area contributed by atoms with Gasteiger partial charge in [-0.2, -0.15) is 0 Å². The lowest BCUT2D eigenvalue weighted by atomic mass is 9.95. The quantitative estimate of drug-likeness (QED) is 0.110. The molecule has 4 aromatic rings. The molecular formula is C44H56N8O6. The van der Waals surface area contributed by atoms with Crippen LogP contribution in [0.5, 0.6) is 0 Å². The fourth-order valence-corrected chi connectivity index (χ4v) is 8.82. The predicted octanol–water partition coefficient (Wildman–Crippen LogP) is 6.80. The zero-order valence-corrected chi connectivity index (χ0v) is 34.3. The van der Waals surface area contributed by atoms with Crippen LogP contribution >= 0.6 is 0 Å². The highest BCUT2D eigenvalue weighted by Gasteiger charge is 2.39. The molecule has 14 nitrogen and oxygen atoms in total. The lowest BCUT2D eigenvalue weighted by Gasteiger charge is -2.30. The number of fused-ring (bicyclic) bond motifs is 3. The minimum atomic E-state index is -0.691. The van der Waals surface area contributed by atoms with Crippen molar-refractivity contribution in [2.75, 3.05) is 20.8 Å². The van der Waals surface area contributed by atoms with Crippen molar-refractivity contribution in [2.45, 2.75) is 109 Å². The third kappa shape index (κ3) is 8.46. The van der Waals surface area contributed by atoms with Gasteiger partial charge in [0.1, 0.15) is 23.7 Å². The molecule has 4 amide bonds. The number of aryl methyl sites for hydroxylation is 2. The Kier molecular flexibility index (Phi) is 12.2. The molecule has 5 N–H and O–H groups in total. The lowest BCUT2D eigenvalue weighted by molar-refractivity contribution is -0.135.